The second-order valence-electron chi connectivity index (χ2n) is 6.10. The van der Waals surface area contributed by atoms with Crippen molar-refractivity contribution in [3.8, 4) is 0 Å². The van der Waals surface area contributed by atoms with E-state index in [0.29, 0.717) is 17.1 Å². The van der Waals surface area contributed by atoms with Crippen LogP contribution in [0.5, 0.6) is 0 Å². The number of aromatic nitrogens is 1. The van der Waals surface area contributed by atoms with Crippen LogP contribution in [0.4, 0.5) is 17.1 Å². The van der Waals surface area contributed by atoms with Crippen molar-refractivity contribution in [1.29, 1.82) is 0 Å². The fraction of sp³-hybridized carbons (Fsp3) is 0.350. The van der Waals surface area contributed by atoms with E-state index < -0.39 is 0 Å². The summed E-state index contributed by atoms with van der Waals surface area (Å²) < 4.78 is 0. The molecule has 0 saturated heterocycles. The fourth-order valence-corrected chi connectivity index (χ4v) is 2.72. The number of anilines is 3. The summed E-state index contributed by atoms with van der Waals surface area (Å²) in [5.74, 6) is -0.436. The first-order valence-corrected chi connectivity index (χ1v) is 8.93. The van der Waals surface area contributed by atoms with Crippen LogP contribution < -0.4 is 15.5 Å². The molecule has 138 valence electrons. The number of benzene rings is 1. The van der Waals surface area contributed by atoms with Crippen molar-refractivity contribution in [2.24, 2.45) is 0 Å². The van der Waals surface area contributed by atoms with E-state index in [1.165, 1.54) is 6.92 Å². The van der Waals surface area contributed by atoms with Gasteiger partial charge < -0.3 is 15.5 Å². The van der Waals surface area contributed by atoms with Gasteiger partial charge in [0.25, 0.3) is 5.91 Å². The predicted octanol–water partition coefficient (Wildman–Crippen LogP) is 3.92. The first kappa shape index (κ1) is 19.4. The lowest BCUT2D eigenvalue weighted by atomic mass is 10.2. The zero-order chi connectivity index (χ0) is 18.9. The third kappa shape index (κ3) is 5.58. The van der Waals surface area contributed by atoms with Gasteiger partial charge in [-0.3, -0.25) is 14.6 Å². The van der Waals surface area contributed by atoms with Crippen LogP contribution in [0.15, 0.2) is 42.6 Å². The Balaban J connectivity index is 2.14. The minimum absolute atomic E-state index is 0.158. The van der Waals surface area contributed by atoms with Gasteiger partial charge in [0.15, 0.2) is 0 Å². The van der Waals surface area contributed by atoms with Gasteiger partial charge in [-0.25, -0.2) is 0 Å². The van der Waals surface area contributed by atoms with Crippen LogP contribution in [0.3, 0.4) is 0 Å². The van der Waals surface area contributed by atoms with Gasteiger partial charge in [0, 0.05) is 43.3 Å². The number of rotatable bonds is 8. The van der Waals surface area contributed by atoms with E-state index in [1.54, 1.807) is 30.5 Å². The summed E-state index contributed by atoms with van der Waals surface area (Å²) in [6, 6.07) is 10.8. The van der Waals surface area contributed by atoms with Crippen molar-refractivity contribution in [2.45, 2.75) is 33.6 Å². The minimum Gasteiger partial charge on any atom is -0.371 e. The topological polar surface area (TPSA) is 74.3 Å². The van der Waals surface area contributed by atoms with E-state index in [4.69, 9.17) is 0 Å². The fourth-order valence-electron chi connectivity index (χ4n) is 2.72. The van der Waals surface area contributed by atoms with Gasteiger partial charge in [0.05, 0.1) is 0 Å². The summed E-state index contributed by atoms with van der Waals surface area (Å²) in [6.07, 6.45) is 3.75. The summed E-state index contributed by atoms with van der Waals surface area (Å²) in [5.41, 5.74) is 2.60. The molecule has 0 fully saturated rings. The Hall–Kier alpha value is -2.89. The molecule has 0 unspecified atom stereocenters. The van der Waals surface area contributed by atoms with Gasteiger partial charge in [-0.1, -0.05) is 19.9 Å². The first-order valence-electron chi connectivity index (χ1n) is 8.93. The molecule has 26 heavy (non-hydrogen) atoms. The standard InChI is InChI=1S/C20H26N4O2/c1-4-11-24(12-5-2)18-9-10-21-19(14-18)20(26)23-17-8-6-7-16(13-17)22-15(3)25/h6-10,13-14H,4-5,11-12H2,1-3H3,(H,22,25)(H,23,26). The molecule has 0 aliphatic heterocycles. The average Bonchev–Trinajstić information content (AvgIpc) is 2.61. The summed E-state index contributed by atoms with van der Waals surface area (Å²) in [6.45, 7) is 7.60. The highest BCUT2D eigenvalue weighted by Crippen LogP contribution is 2.18. The molecule has 6 heteroatoms. The van der Waals surface area contributed by atoms with Gasteiger partial charge in [-0.05, 0) is 43.2 Å². The van der Waals surface area contributed by atoms with E-state index in [1.807, 2.05) is 12.1 Å². The van der Waals surface area contributed by atoms with E-state index in [-0.39, 0.29) is 11.8 Å². The van der Waals surface area contributed by atoms with Gasteiger partial charge in [-0.15, -0.1) is 0 Å². The van der Waals surface area contributed by atoms with E-state index >= 15 is 0 Å². The highest BCUT2D eigenvalue weighted by Gasteiger charge is 2.12. The molecule has 0 atom stereocenters. The van der Waals surface area contributed by atoms with E-state index in [2.05, 4.69) is 34.4 Å². The highest BCUT2D eigenvalue weighted by molar-refractivity contribution is 6.03. The molecule has 1 heterocycles. The molecular weight excluding hydrogens is 328 g/mol. The monoisotopic (exact) mass is 354 g/mol. The largest absolute Gasteiger partial charge is 0.371 e. The molecule has 0 saturated carbocycles. The Bertz CT molecular complexity index is 755. The maximum absolute atomic E-state index is 12.6. The number of pyridine rings is 1. The van der Waals surface area contributed by atoms with Crippen LogP contribution in [0.2, 0.25) is 0 Å². The second-order valence-corrected chi connectivity index (χ2v) is 6.10. The van der Waals surface area contributed by atoms with Crippen LogP contribution in [0.1, 0.15) is 44.1 Å². The normalized spacial score (nSPS) is 10.3. The van der Waals surface area contributed by atoms with Crippen molar-refractivity contribution < 1.29 is 9.59 Å². The number of carbonyl (C=O) groups is 2. The predicted molar refractivity (Wildman–Crippen MR) is 106 cm³/mol. The van der Waals surface area contributed by atoms with E-state index in [0.717, 1.165) is 31.6 Å². The molecule has 1 aromatic heterocycles. The Morgan fingerprint density at radius 3 is 2.27 bits per heavy atom. The van der Waals surface area contributed by atoms with Crippen LogP contribution >= 0.6 is 0 Å². The molecule has 1 aromatic carbocycles. The summed E-state index contributed by atoms with van der Waals surface area (Å²) in [4.78, 5) is 30.2. The van der Waals surface area contributed by atoms with Crippen LogP contribution in [-0.4, -0.2) is 29.9 Å². The van der Waals surface area contributed by atoms with E-state index in [9.17, 15) is 9.59 Å². The van der Waals surface area contributed by atoms with Crippen molar-refractivity contribution >= 4 is 28.9 Å². The lowest BCUT2D eigenvalue weighted by Gasteiger charge is -2.23. The molecular formula is C20H26N4O2. The quantitative estimate of drug-likeness (QED) is 0.753. The highest BCUT2D eigenvalue weighted by atomic mass is 16.2. The maximum Gasteiger partial charge on any atom is 0.274 e. The molecule has 6 nitrogen and oxygen atoms in total. The van der Waals surface area contributed by atoms with Crippen molar-refractivity contribution in [2.75, 3.05) is 28.6 Å². The number of nitrogens with zero attached hydrogens (tertiary/aromatic N) is 2. The molecule has 2 aromatic rings. The van der Waals surface area contributed by atoms with Crippen LogP contribution in [0.25, 0.3) is 0 Å². The minimum atomic E-state index is -0.278. The SMILES string of the molecule is CCCN(CCC)c1ccnc(C(=O)Nc2cccc(NC(C)=O)c2)c1. The van der Waals surface area contributed by atoms with Gasteiger partial charge >= 0.3 is 0 Å². The summed E-state index contributed by atoms with van der Waals surface area (Å²) in [5, 5.41) is 5.53. The third-order valence-electron chi connectivity index (χ3n) is 3.77. The lowest BCUT2D eigenvalue weighted by Crippen LogP contribution is -2.25. The van der Waals surface area contributed by atoms with Gasteiger partial charge in [-0.2, -0.15) is 0 Å². The molecule has 2 N–H and O–H groups in total. The van der Waals surface area contributed by atoms with Crippen LogP contribution in [0, 0.1) is 0 Å². The number of hydrogen-bond acceptors (Lipinski definition) is 4. The lowest BCUT2D eigenvalue weighted by molar-refractivity contribution is -0.114. The summed E-state index contributed by atoms with van der Waals surface area (Å²) in [7, 11) is 0. The number of hydrogen-bond donors (Lipinski definition) is 2. The van der Waals surface area contributed by atoms with Crippen molar-refractivity contribution in [3.63, 3.8) is 0 Å². The molecule has 2 amide bonds. The Morgan fingerprint density at radius 2 is 1.65 bits per heavy atom. The zero-order valence-corrected chi connectivity index (χ0v) is 15.6. The van der Waals surface area contributed by atoms with Crippen molar-refractivity contribution in [1.82, 2.24) is 4.98 Å². The number of amides is 2. The smallest absolute Gasteiger partial charge is 0.274 e. The molecule has 0 spiro atoms. The molecule has 0 aliphatic carbocycles. The Morgan fingerprint density at radius 1 is 1.00 bits per heavy atom. The molecule has 0 aliphatic rings. The maximum atomic E-state index is 12.6. The summed E-state index contributed by atoms with van der Waals surface area (Å²) >= 11 is 0. The van der Waals surface area contributed by atoms with Gasteiger partial charge in [0.1, 0.15) is 5.69 Å². The Labute approximate surface area is 154 Å². The van der Waals surface area contributed by atoms with Crippen LogP contribution in [-0.2, 0) is 4.79 Å². The first-order chi connectivity index (χ1) is 12.5. The second kappa shape index (κ2) is 9.56. The molecule has 2 rings (SSSR count). The molecule has 0 bridgehead atoms. The van der Waals surface area contributed by atoms with Crippen molar-refractivity contribution in [3.05, 3.63) is 48.3 Å². The number of nitrogens with one attached hydrogen (secondary N) is 2. The molecule has 0 radical (unpaired) electrons. The third-order valence-corrected chi connectivity index (χ3v) is 3.77. The number of carbonyl (C=O) groups excluding carboxylic acids is 2. The Kier molecular flexibility index (Phi) is 7.14. The zero-order valence-electron chi connectivity index (χ0n) is 15.6. The average molecular weight is 354 g/mol. The van der Waals surface area contributed by atoms with Gasteiger partial charge in [0.2, 0.25) is 5.91 Å².